The lowest BCUT2D eigenvalue weighted by molar-refractivity contribution is -0.140. The lowest BCUT2D eigenvalue weighted by Gasteiger charge is -2.26. The van der Waals surface area contributed by atoms with Crippen LogP contribution < -0.4 is 11.1 Å². The van der Waals surface area contributed by atoms with Crippen molar-refractivity contribution >= 4 is 11.9 Å². The van der Waals surface area contributed by atoms with Crippen LogP contribution in [0.2, 0.25) is 0 Å². The van der Waals surface area contributed by atoms with Crippen LogP contribution in [0.5, 0.6) is 0 Å². The number of aliphatic carboxylic acids is 1. The van der Waals surface area contributed by atoms with Gasteiger partial charge in [-0.15, -0.1) is 0 Å². The first-order chi connectivity index (χ1) is 7.68. The van der Waals surface area contributed by atoms with Gasteiger partial charge in [0.1, 0.15) is 0 Å². The third-order valence-corrected chi connectivity index (χ3v) is 2.46. The van der Waals surface area contributed by atoms with Crippen LogP contribution in [0.4, 0.5) is 0 Å². The number of amides is 1. The van der Waals surface area contributed by atoms with Gasteiger partial charge in [0, 0.05) is 13.7 Å². The molecule has 0 rings (SSSR count). The molecule has 0 aromatic carbocycles. The fourth-order valence-electron chi connectivity index (χ4n) is 1.15. The van der Waals surface area contributed by atoms with Crippen molar-refractivity contribution in [1.29, 1.82) is 0 Å². The molecular formula is C11H22N2O4. The highest BCUT2D eigenvalue weighted by Gasteiger charge is 2.27. The van der Waals surface area contributed by atoms with Crippen LogP contribution in [-0.2, 0) is 14.3 Å². The average molecular weight is 246 g/mol. The molecule has 6 heteroatoms. The minimum Gasteiger partial charge on any atom is -0.481 e. The number of carboxylic acid groups (broad SMARTS) is 1. The number of carbonyl (C=O) groups excluding carboxylic acids is 1. The van der Waals surface area contributed by atoms with Crippen molar-refractivity contribution in [2.24, 2.45) is 11.1 Å². The van der Waals surface area contributed by atoms with E-state index in [0.717, 1.165) is 0 Å². The summed E-state index contributed by atoms with van der Waals surface area (Å²) in [5, 5.41) is 11.2. The first-order valence-electron chi connectivity index (χ1n) is 5.46. The van der Waals surface area contributed by atoms with Crippen molar-refractivity contribution < 1.29 is 19.4 Å². The summed E-state index contributed by atoms with van der Waals surface area (Å²) in [6, 6.07) is -0.634. The highest BCUT2D eigenvalue weighted by atomic mass is 16.5. The largest absolute Gasteiger partial charge is 0.481 e. The predicted molar refractivity (Wildman–Crippen MR) is 63.5 cm³/mol. The third kappa shape index (κ3) is 6.23. The van der Waals surface area contributed by atoms with Crippen LogP contribution in [0.25, 0.3) is 0 Å². The van der Waals surface area contributed by atoms with Crippen LogP contribution in [0.3, 0.4) is 0 Å². The molecule has 0 radical (unpaired) electrons. The molecule has 0 aromatic heterocycles. The number of methoxy groups -OCH3 is 1. The van der Waals surface area contributed by atoms with E-state index >= 15 is 0 Å². The lowest BCUT2D eigenvalue weighted by Crippen LogP contribution is -2.50. The van der Waals surface area contributed by atoms with E-state index in [-0.39, 0.29) is 24.3 Å². The first kappa shape index (κ1) is 15.9. The summed E-state index contributed by atoms with van der Waals surface area (Å²) in [4.78, 5) is 22.1. The van der Waals surface area contributed by atoms with Crippen molar-refractivity contribution in [1.82, 2.24) is 5.32 Å². The van der Waals surface area contributed by atoms with Gasteiger partial charge in [-0.25, -0.2) is 0 Å². The third-order valence-electron chi connectivity index (χ3n) is 2.46. The minimum atomic E-state index is -0.966. The van der Waals surface area contributed by atoms with Gasteiger partial charge >= 0.3 is 5.97 Å². The number of hydrogen-bond acceptors (Lipinski definition) is 4. The maximum absolute atomic E-state index is 11.7. The quantitative estimate of drug-likeness (QED) is 0.610. The van der Waals surface area contributed by atoms with Crippen molar-refractivity contribution in [3.8, 4) is 0 Å². The summed E-state index contributed by atoms with van der Waals surface area (Å²) in [5.74, 6) is -1.27. The smallest absolute Gasteiger partial charge is 0.306 e. The highest BCUT2D eigenvalue weighted by Crippen LogP contribution is 2.17. The van der Waals surface area contributed by atoms with Gasteiger partial charge in [0.2, 0.25) is 5.91 Å². The molecule has 0 fully saturated rings. The van der Waals surface area contributed by atoms with E-state index in [9.17, 15) is 9.59 Å². The summed E-state index contributed by atoms with van der Waals surface area (Å²) >= 11 is 0. The van der Waals surface area contributed by atoms with Gasteiger partial charge in [0.15, 0.2) is 0 Å². The summed E-state index contributed by atoms with van der Waals surface area (Å²) in [6.45, 7) is 5.73. The topological polar surface area (TPSA) is 102 Å². The summed E-state index contributed by atoms with van der Waals surface area (Å²) in [5.41, 5.74) is 5.42. The zero-order chi connectivity index (χ0) is 13.6. The molecule has 0 aliphatic heterocycles. The van der Waals surface area contributed by atoms with Crippen molar-refractivity contribution in [3.63, 3.8) is 0 Å². The molecule has 0 aliphatic rings. The second-order valence-corrected chi connectivity index (χ2v) is 5.04. The molecule has 1 amide bonds. The Morgan fingerprint density at radius 2 is 1.94 bits per heavy atom. The Labute approximate surface area is 102 Å². The molecule has 0 aromatic rings. The molecule has 17 heavy (non-hydrogen) atoms. The van der Waals surface area contributed by atoms with Crippen LogP contribution in [0.1, 0.15) is 27.2 Å². The fourth-order valence-corrected chi connectivity index (χ4v) is 1.15. The Hall–Kier alpha value is -1.14. The standard InChI is InChI=1S/C11H22N2O4/c1-11(2,3)9(12)10(16)13-6-7(17-4)5-8(14)15/h7,9H,5-6,12H2,1-4H3,(H,13,16)(H,14,15)/t7?,9-/m1/s1. The Bertz CT molecular complexity index is 273. The number of nitrogens with one attached hydrogen (secondary N) is 1. The number of carbonyl (C=O) groups is 2. The second-order valence-electron chi connectivity index (χ2n) is 5.04. The van der Waals surface area contributed by atoms with Crippen LogP contribution in [-0.4, -0.2) is 42.8 Å². The minimum absolute atomic E-state index is 0.144. The predicted octanol–water partition coefficient (Wildman–Crippen LogP) is -0.0343. The molecule has 6 nitrogen and oxygen atoms in total. The molecule has 0 spiro atoms. The summed E-state index contributed by atoms with van der Waals surface area (Å²) in [6.07, 6.45) is -0.690. The van der Waals surface area contributed by atoms with Gasteiger partial charge in [-0.1, -0.05) is 20.8 Å². The van der Waals surface area contributed by atoms with Crippen molar-refractivity contribution in [2.45, 2.75) is 39.3 Å². The average Bonchev–Trinajstić information content (AvgIpc) is 2.20. The maximum Gasteiger partial charge on any atom is 0.306 e. The first-order valence-corrected chi connectivity index (χ1v) is 5.46. The molecule has 0 aliphatic carbocycles. The molecule has 100 valence electrons. The van der Waals surface area contributed by atoms with Crippen molar-refractivity contribution in [3.05, 3.63) is 0 Å². The van der Waals surface area contributed by atoms with Crippen LogP contribution in [0.15, 0.2) is 0 Å². The molecule has 0 saturated heterocycles. The van der Waals surface area contributed by atoms with Gasteiger partial charge in [-0.2, -0.15) is 0 Å². The number of ether oxygens (including phenoxy) is 1. The number of nitrogens with two attached hydrogens (primary N) is 1. The van der Waals surface area contributed by atoms with E-state index in [1.54, 1.807) is 0 Å². The SMILES string of the molecule is COC(CNC(=O)[C@@H](N)C(C)(C)C)CC(=O)O. The normalized spacial score (nSPS) is 15.1. The molecule has 0 bridgehead atoms. The summed E-state index contributed by atoms with van der Waals surface area (Å²) < 4.78 is 4.94. The van der Waals surface area contributed by atoms with E-state index in [1.165, 1.54) is 7.11 Å². The van der Waals surface area contributed by atoms with E-state index in [2.05, 4.69) is 5.32 Å². The van der Waals surface area contributed by atoms with E-state index in [0.29, 0.717) is 0 Å². The summed E-state index contributed by atoms with van der Waals surface area (Å²) in [7, 11) is 1.41. The number of carboxylic acids is 1. The fraction of sp³-hybridized carbons (Fsp3) is 0.818. The lowest BCUT2D eigenvalue weighted by atomic mass is 9.87. The van der Waals surface area contributed by atoms with Gasteiger partial charge in [-0.3, -0.25) is 9.59 Å². The monoisotopic (exact) mass is 246 g/mol. The van der Waals surface area contributed by atoms with E-state index in [1.807, 2.05) is 20.8 Å². The molecule has 1 unspecified atom stereocenters. The van der Waals surface area contributed by atoms with Gasteiger partial charge in [0.05, 0.1) is 18.6 Å². The number of hydrogen-bond donors (Lipinski definition) is 3. The molecule has 4 N–H and O–H groups in total. The van der Waals surface area contributed by atoms with Crippen molar-refractivity contribution in [2.75, 3.05) is 13.7 Å². The zero-order valence-electron chi connectivity index (χ0n) is 10.8. The van der Waals surface area contributed by atoms with Crippen LogP contribution >= 0.6 is 0 Å². The molecular weight excluding hydrogens is 224 g/mol. The Balaban J connectivity index is 4.18. The van der Waals surface area contributed by atoms with E-state index < -0.39 is 18.1 Å². The number of rotatable bonds is 6. The van der Waals surface area contributed by atoms with Gasteiger partial charge in [0.25, 0.3) is 0 Å². The van der Waals surface area contributed by atoms with Gasteiger partial charge < -0.3 is 20.9 Å². The Kier molecular flexibility index (Phi) is 6.12. The van der Waals surface area contributed by atoms with E-state index in [4.69, 9.17) is 15.6 Å². The molecule has 0 heterocycles. The molecule has 2 atom stereocenters. The maximum atomic E-state index is 11.7. The second kappa shape index (κ2) is 6.56. The Morgan fingerprint density at radius 1 is 1.41 bits per heavy atom. The Morgan fingerprint density at radius 3 is 2.29 bits per heavy atom. The zero-order valence-corrected chi connectivity index (χ0v) is 10.8. The van der Waals surface area contributed by atoms with Crippen LogP contribution in [0, 0.1) is 5.41 Å². The van der Waals surface area contributed by atoms with Gasteiger partial charge in [-0.05, 0) is 5.41 Å². The highest BCUT2D eigenvalue weighted by molar-refractivity contribution is 5.82. The molecule has 0 saturated carbocycles.